The van der Waals surface area contributed by atoms with E-state index in [0.29, 0.717) is 0 Å². The van der Waals surface area contributed by atoms with E-state index in [9.17, 15) is 0 Å². The summed E-state index contributed by atoms with van der Waals surface area (Å²) in [5.41, 5.74) is 8.18. The number of benzene rings is 1. The fourth-order valence-electron chi connectivity index (χ4n) is 2.00. The van der Waals surface area contributed by atoms with Gasteiger partial charge in [0.05, 0.1) is 15.7 Å². The molecule has 1 aromatic heterocycles. The van der Waals surface area contributed by atoms with E-state index in [1.165, 1.54) is 5.56 Å². The lowest BCUT2D eigenvalue weighted by molar-refractivity contribution is 0.646. The first-order chi connectivity index (χ1) is 9.49. The summed E-state index contributed by atoms with van der Waals surface area (Å²) in [6.45, 7) is 4.09. The van der Waals surface area contributed by atoms with Crippen LogP contribution in [0.3, 0.4) is 0 Å². The number of aryl methyl sites for hydroxylation is 2. The van der Waals surface area contributed by atoms with E-state index in [1.54, 1.807) is 11.8 Å². The number of hydrogen-bond acceptors (Lipinski definition) is 3. The summed E-state index contributed by atoms with van der Waals surface area (Å²) in [4.78, 5) is 1.04. The average molecular weight is 310 g/mol. The molecular formula is C15H20ClN3S. The molecule has 0 amide bonds. The molecule has 1 atom stereocenters. The largest absolute Gasteiger partial charge is 0.327 e. The molecule has 1 aromatic carbocycles. The minimum absolute atomic E-state index is 0.198. The van der Waals surface area contributed by atoms with Gasteiger partial charge in [0.2, 0.25) is 0 Å². The van der Waals surface area contributed by atoms with Gasteiger partial charge in [-0.1, -0.05) is 36.4 Å². The normalized spacial score (nSPS) is 12.7. The monoisotopic (exact) mass is 309 g/mol. The van der Waals surface area contributed by atoms with Gasteiger partial charge in [0.15, 0.2) is 0 Å². The minimum atomic E-state index is 0.198. The highest BCUT2D eigenvalue weighted by atomic mass is 35.5. The van der Waals surface area contributed by atoms with Crippen molar-refractivity contribution in [3.63, 3.8) is 0 Å². The molecule has 2 rings (SSSR count). The lowest BCUT2D eigenvalue weighted by Gasteiger charge is -2.10. The van der Waals surface area contributed by atoms with Crippen molar-refractivity contribution in [3.05, 3.63) is 40.5 Å². The Balaban J connectivity index is 2.15. The number of nitrogens with two attached hydrogens (primary N) is 1. The first-order valence-electron chi connectivity index (χ1n) is 6.72. The van der Waals surface area contributed by atoms with Crippen LogP contribution in [0.4, 0.5) is 0 Å². The van der Waals surface area contributed by atoms with E-state index in [0.717, 1.165) is 33.5 Å². The molecule has 1 unspecified atom stereocenters. The van der Waals surface area contributed by atoms with Gasteiger partial charge in [-0.05, 0) is 43.5 Å². The van der Waals surface area contributed by atoms with Crippen LogP contribution in [-0.2, 0) is 13.5 Å². The Kier molecular flexibility index (Phi) is 5.13. The summed E-state index contributed by atoms with van der Waals surface area (Å²) in [6, 6.07) is 8.44. The molecule has 0 spiro atoms. The van der Waals surface area contributed by atoms with E-state index in [2.05, 4.69) is 30.2 Å². The molecule has 108 valence electrons. The van der Waals surface area contributed by atoms with E-state index in [1.807, 2.05) is 24.7 Å². The van der Waals surface area contributed by atoms with Crippen LogP contribution in [-0.4, -0.2) is 15.8 Å². The van der Waals surface area contributed by atoms with Gasteiger partial charge < -0.3 is 5.73 Å². The highest BCUT2D eigenvalue weighted by Gasteiger charge is 2.09. The van der Waals surface area contributed by atoms with Crippen molar-refractivity contribution < 1.29 is 0 Å². The number of nitrogens with zero attached hydrogens (tertiary/aromatic N) is 2. The third kappa shape index (κ3) is 3.78. The summed E-state index contributed by atoms with van der Waals surface area (Å²) < 4.78 is 1.87. The van der Waals surface area contributed by atoms with Crippen LogP contribution in [0, 0.1) is 6.92 Å². The zero-order chi connectivity index (χ0) is 14.7. The summed E-state index contributed by atoms with van der Waals surface area (Å²) >= 11 is 8.01. The lowest BCUT2D eigenvalue weighted by atomic mass is 10.1. The number of aromatic nitrogens is 2. The Morgan fingerprint density at radius 1 is 1.40 bits per heavy atom. The van der Waals surface area contributed by atoms with Crippen LogP contribution >= 0.6 is 23.4 Å². The number of halogens is 1. The molecule has 2 aromatic rings. The second-order valence-corrected chi connectivity index (χ2v) is 6.46. The van der Waals surface area contributed by atoms with E-state index < -0.39 is 0 Å². The van der Waals surface area contributed by atoms with Crippen LogP contribution in [0.2, 0.25) is 5.02 Å². The summed E-state index contributed by atoms with van der Waals surface area (Å²) in [5.74, 6) is 0. The van der Waals surface area contributed by atoms with E-state index >= 15 is 0 Å². The number of hydrogen-bond donors (Lipinski definition) is 1. The molecule has 1 heterocycles. The molecule has 3 nitrogen and oxygen atoms in total. The van der Waals surface area contributed by atoms with Crippen molar-refractivity contribution >= 4 is 23.4 Å². The quantitative estimate of drug-likeness (QED) is 0.913. The first-order valence-corrected chi connectivity index (χ1v) is 7.91. The first kappa shape index (κ1) is 15.4. The van der Waals surface area contributed by atoms with Crippen LogP contribution in [0.1, 0.15) is 24.6 Å². The Morgan fingerprint density at radius 2 is 2.15 bits per heavy atom. The predicted molar refractivity (Wildman–Crippen MR) is 85.5 cm³/mol. The molecule has 0 saturated carbocycles. The van der Waals surface area contributed by atoms with Gasteiger partial charge in [0.25, 0.3) is 0 Å². The molecule has 0 radical (unpaired) electrons. The van der Waals surface area contributed by atoms with Gasteiger partial charge in [-0.2, -0.15) is 5.10 Å². The smallest absolute Gasteiger partial charge is 0.0987 e. The second kappa shape index (κ2) is 6.66. The third-order valence-corrected chi connectivity index (χ3v) is 4.78. The van der Waals surface area contributed by atoms with Crippen molar-refractivity contribution in [1.29, 1.82) is 0 Å². The molecule has 0 fully saturated rings. The maximum Gasteiger partial charge on any atom is 0.0987 e. The maximum atomic E-state index is 6.37. The molecular weight excluding hydrogens is 290 g/mol. The molecule has 2 N–H and O–H groups in total. The van der Waals surface area contributed by atoms with Gasteiger partial charge in [-0.15, -0.1) is 0 Å². The minimum Gasteiger partial charge on any atom is -0.327 e. The van der Waals surface area contributed by atoms with Gasteiger partial charge in [0.1, 0.15) is 0 Å². The Labute approximate surface area is 129 Å². The van der Waals surface area contributed by atoms with Crippen molar-refractivity contribution in [2.24, 2.45) is 12.8 Å². The van der Waals surface area contributed by atoms with Crippen LogP contribution in [0.25, 0.3) is 0 Å². The Hall–Kier alpha value is -0.970. The lowest BCUT2D eigenvalue weighted by Crippen LogP contribution is -2.21. The Morgan fingerprint density at radius 3 is 2.70 bits per heavy atom. The SMILES string of the molecule is CCC(N)Cc1ccc(Sc2cc(C)nn2C)c(Cl)c1. The van der Waals surface area contributed by atoms with E-state index in [4.69, 9.17) is 17.3 Å². The highest BCUT2D eigenvalue weighted by Crippen LogP contribution is 2.34. The van der Waals surface area contributed by atoms with Crippen LogP contribution in [0.5, 0.6) is 0 Å². The fraction of sp³-hybridized carbons (Fsp3) is 0.400. The van der Waals surface area contributed by atoms with Gasteiger partial charge >= 0.3 is 0 Å². The third-order valence-electron chi connectivity index (χ3n) is 3.19. The predicted octanol–water partition coefficient (Wildman–Crippen LogP) is 3.81. The van der Waals surface area contributed by atoms with Crippen molar-refractivity contribution in [3.8, 4) is 0 Å². The standard InChI is InChI=1S/C15H20ClN3S/c1-4-12(17)8-11-5-6-14(13(16)9-11)20-15-7-10(2)18-19(15)3/h5-7,9,12H,4,8,17H2,1-3H3. The fourth-order valence-corrected chi connectivity index (χ4v) is 3.24. The topological polar surface area (TPSA) is 43.8 Å². The van der Waals surface area contributed by atoms with Crippen LogP contribution in [0.15, 0.2) is 34.2 Å². The number of rotatable bonds is 5. The van der Waals surface area contributed by atoms with Crippen molar-refractivity contribution in [2.45, 2.75) is 42.7 Å². The summed E-state index contributed by atoms with van der Waals surface area (Å²) in [6.07, 6.45) is 1.84. The van der Waals surface area contributed by atoms with E-state index in [-0.39, 0.29) is 6.04 Å². The molecule has 0 aliphatic heterocycles. The zero-order valence-electron chi connectivity index (χ0n) is 12.1. The van der Waals surface area contributed by atoms with Gasteiger partial charge in [-0.25, -0.2) is 0 Å². The highest BCUT2D eigenvalue weighted by molar-refractivity contribution is 7.99. The maximum absolute atomic E-state index is 6.37. The summed E-state index contributed by atoms with van der Waals surface area (Å²) in [7, 11) is 1.94. The average Bonchev–Trinajstić information content (AvgIpc) is 2.71. The second-order valence-electron chi connectivity index (χ2n) is 4.99. The molecule has 5 heteroatoms. The van der Waals surface area contributed by atoms with Crippen molar-refractivity contribution in [1.82, 2.24) is 9.78 Å². The van der Waals surface area contributed by atoms with Crippen molar-refractivity contribution in [2.75, 3.05) is 0 Å². The molecule has 0 aliphatic rings. The molecule has 0 bridgehead atoms. The van der Waals surface area contributed by atoms with Gasteiger partial charge in [-0.3, -0.25) is 4.68 Å². The summed E-state index contributed by atoms with van der Waals surface area (Å²) in [5, 5.41) is 6.20. The molecule has 20 heavy (non-hydrogen) atoms. The van der Waals surface area contributed by atoms with Crippen LogP contribution < -0.4 is 5.73 Å². The Bertz CT molecular complexity index is 595. The molecule has 0 saturated heterocycles. The van der Waals surface area contributed by atoms with Gasteiger partial charge in [0, 0.05) is 18.0 Å². The molecule has 0 aliphatic carbocycles. The zero-order valence-corrected chi connectivity index (χ0v) is 13.6.